The van der Waals surface area contributed by atoms with E-state index in [0.717, 1.165) is 5.56 Å². The van der Waals surface area contributed by atoms with Crippen molar-refractivity contribution in [2.75, 3.05) is 20.1 Å². The summed E-state index contributed by atoms with van der Waals surface area (Å²) in [6, 6.07) is 9.27. The van der Waals surface area contributed by atoms with Crippen LogP contribution in [0.2, 0.25) is 0 Å². The summed E-state index contributed by atoms with van der Waals surface area (Å²) in [5.41, 5.74) is 0.440. The molecule has 1 aromatic carbocycles. The summed E-state index contributed by atoms with van der Waals surface area (Å²) in [7, 11) is 1.76. The van der Waals surface area contributed by atoms with E-state index >= 15 is 0 Å². The van der Waals surface area contributed by atoms with Crippen molar-refractivity contribution in [3.8, 4) is 0 Å². The zero-order chi connectivity index (χ0) is 18.9. The Hall–Kier alpha value is -2.37. The maximum Gasteiger partial charge on any atom is 0.245 e. The van der Waals surface area contributed by atoms with Crippen LogP contribution in [0.25, 0.3) is 0 Å². The quantitative estimate of drug-likeness (QED) is 0.886. The van der Waals surface area contributed by atoms with E-state index in [9.17, 15) is 14.4 Å². The molecular formula is C20H27N3O3. The molecular weight excluding hydrogens is 330 g/mol. The fourth-order valence-electron chi connectivity index (χ4n) is 3.97. The summed E-state index contributed by atoms with van der Waals surface area (Å²) >= 11 is 0. The van der Waals surface area contributed by atoms with Crippen molar-refractivity contribution in [1.29, 1.82) is 0 Å². The Morgan fingerprint density at radius 1 is 1.31 bits per heavy atom. The van der Waals surface area contributed by atoms with E-state index in [1.165, 1.54) is 0 Å². The monoisotopic (exact) mass is 357 g/mol. The van der Waals surface area contributed by atoms with Crippen LogP contribution in [0, 0.1) is 11.3 Å². The fourth-order valence-corrected chi connectivity index (χ4v) is 3.97. The maximum atomic E-state index is 12.8. The molecule has 3 amide bonds. The van der Waals surface area contributed by atoms with Gasteiger partial charge in [0.15, 0.2) is 0 Å². The van der Waals surface area contributed by atoms with Gasteiger partial charge in [-0.1, -0.05) is 44.2 Å². The molecule has 0 bridgehead atoms. The normalized spacial score (nSPS) is 25.0. The summed E-state index contributed by atoms with van der Waals surface area (Å²) in [6.45, 7) is 5.25. The lowest BCUT2D eigenvalue weighted by Crippen LogP contribution is -2.42. The third-order valence-corrected chi connectivity index (χ3v) is 5.48. The number of rotatable bonds is 4. The number of carbonyl (C=O) groups excluding carboxylic acids is 3. The number of likely N-dealkylation sites (tertiary alicyclic amines) is 1. The number of hydrogen-bond acceptors (Lipinski definition) is 3. The van der Waals surface area contributed by atoms with E-state index in [4.69, 9.17) is 0 Å². The van der Waals surface area contributed by atoms with Gasteiger partial charge < -0.3 is 15.1 Å². The number of hydrogen-bond donors (Lipinski definition) is 1. The Morgan fingerprint density at radius 3 is 2.65 bits per heavy atom. The van der Waals surface area contributed by atoms with Gasteiger partial charge in [-0.25, -0.2) is 0 Å². The maximum absolute atomic E-state index is 12.8. The van der Waals surface area contributed by atoms with E-state index < -0.39 is 11.5 Å². The summed E-state index contributed by atoms with van der Waals surface area (Å²) in [6.07, 6.45) is 1.09. The van der Waals surface area contributed by atoms with E-state index in [2.05, 4.69) is 5.32 Å². The first kappa shape index (κ1) is 18.4. The van der Waals surface area contributed by atoms with Crippen molar-refractivity contribution in [3.63, 3.8) is 0 Å². The number of nitrogens with one attached hydrogen (secondary N) is 1. The molecule has 1 N–H and O–H groups in total. The molecule has 6 nitrogen and oxygen atoms in total. The Kier molecular flexibility index (Phi) is 5.03. The third-order valence-electron chi connectivity index (χ3n) is 5.48. The van der Waals surface area contributed by atoms with Crippen molar-refractivity contribution >= 4 is 17.7 Å². The Labute approximate surface area is 154 Å². The molecule has 2 aliphatic rings. The van der Waals surface area contributed by atoms with E-state index in [0.29, 0.717) is 32.5 Å². The van der Waals surface area contributed by atoms with Crippen LogP contribution in [-0.2, 0) is 20.9 Å². The molecule has 2 aliphatic heterocycles. The van der Waals surface area contributed by atoms with Crippen LogP contribution < -0.4 is 5.32 Å². The van der Waals surface area contributed by atoms with Crippen molar-refractivity contribution in [1.82, 2.24) is 15.1 Å². The predicted octanol–water partition coefficient (Wildman–Crippen LogP) is 1.41. The molecule has 3 rings (SSSR count). The van der Waals surface area contributed by atoms with Crippen molar-refractivity contribution in [2.24, 2.45) is 11.3 Å². The summed E-state index contributed by atoms with van der Waals surface area (Å²) in [4.78, 5) is 41.1. The Balaban J connectivity index is 1.64. The molecule has 140 valence electrons. The second-order valence-corrected chi connectivity index (χ2v) is 7.85. The molecule has 1 aromatic rings. The topological polar surface area (TPSA) is 69.7 Å². The first-order valence-corrected chi connectivity index (χ1v) is 9.21. The van der Waals surface area contributed by atoms with Gasteiger partial charge in [0, 0.05) is 32.6 Å². The lowest BCUT2D eigenvalue weighted by atomic mass is 9.83. The average molecular weight is 357 g/mol. The zero-order valence-electron chi connectivity index (χ0n) is 15.7. The highest BCUT2D eigenvalue weighted by molar-refractivity contribution is 5.95. The van der Waals surface area contributed by atoms with Crippen LogP contribution in [0.15, 0.2) is 30.3 Å². The highest BCUT2D eigenvalue weighted by atomic mass is 16.2. The zero-order valence-corrected chi connectivity index (χ0v) is 15.7. The minimum absolute atomic E-state index is 0.0747. The van der Waals surface area contributed by atoms with Gasteiger partial charge in [0.1, 0.15) is 6.04 Å². The first-order valence-electron chi connectivity index (χ1n) is 9.21. The minimum Gasteiger partial charge on any atom is -0.344 e. The molecule has 2 heterocycles. The second-order valence-electron chi connectivity index (χ2n) is 7.85. The van der Waals surface area contributed by atoms with Crippen molar-refractivity contribution in [2.45, 2.75) is 39.3 Å². The highest BCUT2D eigenvalue weighted by Crippen LogP contribution is 2.40. The molecule has 2 fully saturated rings. The highest BCUT2D eigenvalue weighted by Gasteiger charge is 2.53. The summed E-state index contributed by atoms with van der Waals surface area (Å²) in [5.74, 6) is -0.176. The lowest BCUT2D eigenvalue weighted by Gasteiger charge is -2.23. The largest absolute Gasteiger partial charge is 0.344 e. The molecule has 0 unspecified atom stereocenters. The van der Waals surface area contributed by atoms with Crippen LogP contribution in [-0.4, -0.2) is 53.7 Å². The molecule has 1 spiro atoms. The van der Waals surface area contributed by atoms with Gasteiger partial charge in [-0.15, -0.1) is 0 Å². The van der Waals surface area contributed by atoms with Gasteiger partial charge in [0.25, 0.3) is 0 Å². The number of carbonyl (C=O) groups is 3. The van der Waals surface area contributed by atoms with Gasteiger partial charge in [-0.05, 0) is 18.4 Å². The predicted molar refractivity (Wildman–Crippen MR) is 97.9 cm³/mol. The number of nitrogens with zero attached hydrogens (tertiary/aromatic N) is 2. The molecule has 2 atom stereocenters. The smallest absolute Gasteiger partial charge is 0.245 e. The van der Waals surface area contributed by atoms with Crippen LogP contribution in [0.5, 0.6) is 0 Å². The standard InChI is InChI=1S/C20H27N3O3/c1-14(2)17(24)23-10-9-20(13-23)11-16(21-19(20)26)18(25)22(3)12-15-7-5-4-6-8-15/h4-8,14,16H,9-13H2,1-3H3,(H,21,26)/t16-,20+/m0/s1. The minimum atomic E-state index is -0.613. The van der Waals surface area contributed by atoms with Gasteiger partial charge in [0.2, 0.25) is 17.7 Å². The average Bonchev–Trinajstić information content (AvgIpc) is 3.19. The first-order chi connectivity index (χ1) is 12.3. The van der Waals surface area contributed by atoms with Gasteiger partial charge in [-0.3, -0.25) is 14.4 Å². The fraction of sp³-hybridized carbons (Fsp3) is 0.550. The molecule has 0 radical (unpaired) electrons. The molecule has 0 aromatic heterocycles. The van der Waals surface area contributed by atoms with Crippen LogP contribution in [0.1, 0.15) is 32.3 Å². The number of benzene rings is 1. The van der Waals surface area contributed by atoms with Gasteiger partial charge >= 0.3 is 0 Å². The van der Waals surface area contributed by atoms with E-state index in [-0.39, 0.29) is 23.6 Å². The van der Waals surface area contributed by atoms with E-state index in [1.807, 2.05) is 44.2 Å². The Bertz CT molecular complexity index is 704. The van der Waals surface area contributed by atoms with Gasteiger partial charge in [0.05, 0.1) is 5.41 Å². The molecule has 2 saturated heterocycles. The lowest BCUT2D eigenvalue weighted by molar-refractivity contribution is -0.135. The van der Waals surface area contributed by atoms with Gasteiger partial charge in [-0.2, -0.15) is 0 Å². The van der Waals surface area contributed by atoms with Crippen molar-refractivity contribution < 1.29 is 14.4 Å². The second kappa shape index (κ2) is 7.09. The van der Waals surface area contributed by atoms with E-state index in [1.54, 1.807) is 16.8 Å². The number of likely N-dealkylation sites (N-methyl/N-ethyl adjacent to an activating group) is 1. The van der Waals surface area contributed by atoms with Crippen LogP contribution >= 0.6 is 0 Å². The summed E-state index contributed by atoms with van der Waals surface area (Å²) < 4.78 is 0. The molecule has 0 aliphatic carbocycles. The SMILES string of the molecule is CC(C)C(=O)N1CC[C@@]2(C[C@@H](C(=O)N(C)Cc3ccccc3)NC2=O)C1. The van der Waals surface area contributed by atoms with Crippen molar-refractivity contribution in [3.05, 3.63) is 35.9 Å². The van der Waals surface area contributed by atoms with Crippen LogP contribution in [0.3, 0.4) is 0 Å². The summed E-state index contributed by atoms with van der Waals surface area (Å²) in [5, 5.41) is 2.87. The third kappa shape index (κ3) is 3.45. The molecule has 6 heteroatoms. The van der Waals surface area contributed by atoms with Crippen LogP contribution in [0.4, 0.5) is 0 Å². The molecule has 0 saturated carbocycles. The Morgan fingerprint density at radius 2 is 2.00 bits per heavy atom. The molecule has 26 heavy (non-hydrogen) atoms. The number of amides is 3.